The van der Waals surface area contributed by atoms with Crippen LogP contribution in [0.3, 0.4) is 0 Å². The van der Waals surface area contributed by atoms with Crippen LogP contribution in [0.15, 0.2) is 64.6 Å². The number of halogens is 1. The number of rotatable bonds is 4. The van der Waals surface area contributed by atoms with Gasteiger partial charge in [0, 0.05) is 21.9 Å². The highest BCUT2D eigenvalue weighted by Gasteiger charge is 2.01. The Morgan fingerprint density at radius 2 is 1.53 bits per heavy atom. The molecule has 90 valence electrons. The topological polar surface area (TPSA) is 24.1 Å². The minimum atomic E-state index is 0. The maximum absolute atomic E-state index is 8.80. The van der Waals surface area contributed by atoms with Crippen molar-refractivity contribution in [3.05, 3.63) is 54.9 Å². The van der Waals surface area contributed by atoms with Crippen molar-refractivity contribution in [1.82, 2.24) is 0 Å². The van der Waals surface area contributed by atoms with Crippen molar-refractivity contribution in [3.63, 3.8) is 0 Å². The average molecular weight is 312 g/mol. The van der Waals surface area contributed by atoms with Crippen molar-refractivity contribution in [3.8, 4) is 0 Å². The summed E-state index contributed by atoms with van der Waals surface area (Å²) < 4.78 is 1.97. The predicted molar refractivity (Wildman–Crippen MR) is 64.3 cm³/mol. The summed E-state index contributed by atoms with van der Waals surface area (Å²) in [5, 5.41) is 8.80. The molecule has 2 rings (SSSR count). The molecule has 0 aliphatic carbocycles. The summed E-state index contributed by atoms with van der Waals surface area (Å²) in [6.45, 7) is 0.826. The standard InChI is InChI=1S/C13H14NOS.BrH/c15-11-10-14-8-6-13(7-9-14)16-12-4-2-1-3-5-12;/h1-9,15H,10-11H2;1H/q+1;/p-1. The molecule has 0 unspecified atom stereocenters. The van der Waals surface area contributed by atoms with Gasteiger partial charge in [-0.1, -0.05) is 30.0 Å². The molecule has 1 heterocycles. The van der Waals surface area contributed by atoms with Crippen molar-refractivity contribution in [2.24, 2.45) is 0 Å². The minimum Gasteiger partial charge on any atom is -1.00 e. The van der Waals surface area contributed by atoms with Crippen molar-refractivity contribution >= 4 is 11.8 Å². The number of aliphatic hydroxyl groups is 1. The van der Waals surface area contributed by atoms with Gasteiger partial charge in [0.1, 0.15) is 6.61 Å². The smallest absolute Gasteiger partial charge is 0.171 e. The van der Waals surface area contributed by atoms with E-state index in [9.17, 15) is 0 Å². The maximum atomic E-state index is 8.80. The van der Waals surface area contributed by atoms with Crippen LogP contribution in [-0.2, 0) is 6.54 Å². The Morgan fingerprint density at radius 1 is 0.941 bits per heavy atom. The third-order valence-corrected chi connectivity index (χ3v) is 3.21. The minimum absolute atomic E-state index is 0. The van der Waals surface area contributed by atoms with Crippen LogP contribution in [0, 0.1) is 0 Å². The Hall–Kier alpha value is -0.840. The highest BCUT2D eigenvalue weighted by molar-refractivity contribution is 7.99. The van der Waals surface area contributed by atoms with Crippen LogP contribution in [0.5, 0.6) is 0 Å². The molecule has 0 saturated heterocycles. The monoisotopic (exact) mass is 311 g/mol. The molecule has 0 aliphatic rings. The summed E-state index contributed by atoms with van der Waals surface area (Å²) in [5.74, 6) is 0. The zero-order chi connectivity index (χ0) is 11.2. The second-order valence-electron chi connectivity index (χ2n) is 3.41. The van der Waals surface area contributed by atoms with Gasteiger partial charge in [-0.15, -0.1) is 0 Å². The zero-order valence-corrected chi connectivity index (χ0v) is 11.7. The van der Waals surface area contributed by atoms with Crippen molar-refractivity contribution in [2.45, 2.75) is 16.3 Å². The van der Waals surface area contributed by atoms with Gasteiger partial charge in [-0.05, 0) is 12.1 Å². The highest BCUT2D eigenvalue weighted by atomic mass is 79.9. The van der Waals surface area contributed by atoms with Gasteiger partial charge in [-0.2, -0.15) is 0 Å². The van der Waals surface area contributed by atoms with Gasteiger partial charge in [0.05, 0.1) is 0 Å². The lowest BCUT2D eigenvalue weighted by atomic mass is 10.4. The van der Waals surface area contributed by atoms with Crippen LogP contribution in [0.4, 0.5) is 0 Å². The maximum Gasteiger partial charge on any atom is 0.171 e. The molecule has 2 aromatic rings. The Bertz CT molecular complexity index is 433. The number of benzene rings is 1. The number of aromatic nitrogens is 1. The van der Waals surface area contributed by atoms with E-state index < -0.39 is 0 Å². The quantitative estimate of drug-likeness (QED) is 0.742. The number of hydrogen-bond donors (Lipinski definition) is 1. The molecule has 0 saturated carbocycles. The lowest BCUT2D eigenvalue weighted by molar-refractivity contribution is -0.698. The van der Waals surface area contributed by atoms with Gasteiger partial charge < -0.3 is 22.1 Å². The van der Waals surface area contributed by atoms with Crippen molar-refractivity contribution in [1.29, 1.82) is 0 Å². The zero-order valence-electron chi connectivity index (χ0n) is 9.29. The molecule has 0 radical (unpaired) electrons. The van der Waals surface area contributed by atoms with Crippen LogP contribution < -0.4 is 21.5 Å². The van der Waals surface area contributed by atoms with Crippen molar-refractivity contribution < 1.29 is 26.7 Å². The number of pyridine rings is 1. The molecule has 1 N–H and O–H groups in total. The molecular weight excluding hydrogens is 298 g/mol. The summed E-state index contributed by atoms with van der Waals surface area (Å²) in [7, 11) is 0. The first kappa shape index (κ1) is 14.2. The molecular formula is C13H14BrNOS. The van der Waals surface area contributed by atoms with E-state index in [1.54, 1.807) is 11.8 Å². The Labute approximate surface area is 116 Å². The van der Waals surface area contributed by atoms with Gasteiger partial charge >= 0.3 is 0 Å². The first-order chi connectivity index (χ1) is 7.88. The van der Waals surface area contributed by atoms with E-state index in [-0.39, 0.29) is 23.6 Å². The van der Waals surface area contributed by atoms with Gasteiger partial charge in [-0.3, -0.25) is 0 Å². The van der Waals surface area contributed by atoms with E-state index in [0.29, 0.717) is 6.54 Å². The van der Waals surface area contributed by atoms with Crippen LogP contribution in [0.25, 0.3) is 0 Å². The summed E-state index contributed by atoms with van der Waals surface area (Å²) >= 11 is 1.74. The van der Waals surface area contributed by atoms with Gasteiger partial charge in [0.2, 0.25) is 0 Å². The summed E-state index contributed by atoms with van der Waals surface area (Å²) in [5.41, 5.74) is 0. The normalized spacial score (nSPS) is 9.71. The molecule has 0 spiro atoms. The fourth-order valence-corrected chi connectivity index (χ4v) is 2.22. The van der Waals surface area contributed by atoms with E-state index in [1.165, 1.54) is 9.79 Å². The third-order valence-electron chi connectivity index (χ3n) is 2.20. The molecule has 0 amide bonds. The summed E-state index contributed by atoms with van der Waals surface area (Å²) in [6, 6.07) is 14.4. The van der Waals surface area contributed by atoms with Crippen LogP contribution in [0.1, 0.15) is 0 Å². The lowest BCUT2D eigenvalue weighted by Gasteiger charge is -2.00. The Kier molecular flexibility index (Phi) is 6.26. The van der Waals surface area contributed by atoms with Crippen LogP contribution in [0.2, 0.25) is 0 Å². The van der Waals surface area contributed by atoms with Gasteiger partial charge in [0.15, 0.2) is 18.9 Å². The van der Waals surface area contributed by atoms with Crippen molar-refractivity contribution in [2.75, 3.05) is 6.61 Å². The second-order valence-corrected chi connectivity index (χ2v) is 4.56. The predicted octanol–water partition coefficient (Wildman–Crippen LogP) is -0.878. The number of aliphatic hydroxyl groups excluding tert-OH is 1. The molecule has 1 aromatic heterocycles. The van der Waals surface area contributed by atoms with Gasteiger partial charge in [0.25, 0.3) is 0 Å². The lowest BCUT2D eigenvalue weighted by Crippen LogP contribution is -3.00. The Balaban J connectivity index is 0.00000144. The van der Waals surface area contributed by atoms with Crippen LogP contribution >= 0.6 is 11.8 Å². The summed E-state index contributed by atoms with van der Waals surface area (Å²) in [6.07, 6.45) is 3.98. The molecule has 4 heteroatoms. The van der Waals surface area contributed by atoms with E-state index in [0.717, 1.165) is 0 Å². The van der Waals surface area contributed by atoms with E-state index in [1.807, 2.05) is 35.2 Å². The number of nitrogens with zero attached hydrogens (tertiary/aromatic N) is 1. The molecule has 0 atom stereocenters. The molecule has 17 heavy (non-hydrogen) atoms. The average Bonchev–Trinajstić information content (AvgIpc) is 2.33. The van der Waals surface area contributed by atoms with Gasteiger partial charge in [-0.25, -0.2) is 4.57 Å². The fourth-order valence-electron chi connectivity index (χ4n) is 1.40. The second kappa shape index (κ2) is 7.48. The molecule has 0 fully saturated rings. The first-order valence-corrected chi connectivity index (χ1v) is 6.03. The molecule has 0 bridgehead atoms. The SMILES string of the molecule is OCC[n+]1ccc(Sc2ccccc2)cc1.[Br-]. The van der Waals surface area contributed by atoms with E-state index in [2.05, 4.69) is 24.3 Å². The first-order valence-electron chi connectivity index (χ1n) is 5.21. The third kappa shape index (κ3) is 4.50. The molecule has 0 aliphatic heterocycles. The molecule has 2 nitrogen and oxygen atoms in total. The fraction of sp³-hybridized carbons (Fsp3) is 0.154. The van der Waals surface area contributed by atoms with E-state index in [4.69, 9.17) is 5.11 Å². The largest absolute Gasteiger partial charge is 1.00 e. The summed E-state index contributed by atoms with van der Waals surface area (Å²) in [4.78, 5) is 2.45. The molecule has 1 aromatic carbocycles. The Morgan fingerprint density at radius 3 is 2.12 bits per heavy atom. The number of hydrogen-bond acceptors (Lipinski definition) is 2. The van der Waals surface area contributed by atoms with E-state index >= 15 is 0 Å². The van der Waals surface area contributed by atoms with Crippen LogP contribution in [-0.4, -0.2) is 11.7 Å². The highest BCUT2D eigenvalue weighted by Crippen LogP contribution is 2.25.